The van der Waals surface area contributed by atoms with E-state index in [1.165, 1.54) is 12.1 Å². The highest BCUT2D eigenvalue weighted by molar-refractivity contribution is 7.95. The van der Waals surface area contributed by atoms with Crippen LogP contribution in [0, 0.1) is 6.92 Å². The van der Waals surface area contributed by atoms with Crippen LogP contribution in [0.3, 0.4) is 0 Å². The van der Waals surface area contributed by atoms with Crippen molar-refractivity contribution in [1.82, 2.24) is 9.03 Å². The lowest BCUT2D eigenvalue weighted by Crippen LogP contribution is -2.33. The molecule has 1 saturated heterocycles. The Labute approximate surface area is 118 Å². The van der Waals surface area contributed by atoms with Crippen LogP contribution in [-0.2, 0) is 4.74 Å². The Morgan fingerprint density at radius 2 is 2.00 bits per heavy atom. The maximum Gasteiger partial charge on any atom is 0.421 e. The number of aryl methyl sites for hydroxylation is 1. The molecule has 1 fully saturated rings. The molecule has 1 aromatic rings. The lowest BCUT2D eigenvalue weighted by atomic mass is 10.1. The summed E-state index contributed by atoms with van der Waals surface area (Å²) >= 11 is 0.615. The number of nitrogens with zero attached hydrogens (tertiary/aromatic N) is 1. The Morgan fingerprint density at radius 3 is 2.50 bits per heavy atom. The average molecular weight is 306 g/mol. The molecule has 0 saturated carbocycles. The first-order chi connectivity index (χ1) is 9.38. The molecule has 0 aliphatic carbocycles. The molecule has 0 radical (unpaired) electrons. The van der Waals surface area contributed by atoms with Gasteiger partial charge in [-0.25, -0.2) is 13.8 Å². The first kappa shape index (κ1) is 15.0. The molecular formula is C12H13F3N2O2S. The Morgan fingerprint density at radius 1 is 1.35 bits per heavy atom. The van der Waals surface area contributed by atoms with Crippen molar-refractivity contribution in [2.24, 2.45) is 0 Å². The summed E-state index contributed by atoms with van der Waals surface area (Å²) < 4.78 is 47.3. The van der Waals surface area contributed by atoms with E-state index in [9.17, 15) is 18.0 Å². The predicted octanol–water partition coefficient (Wildman–Crippen LogP) is 3.20. The number of ether oxygens (including phenoxy) is 1. The van der Waals surface area contributed by atoms with Crippen molar-refractivity contribution in [3.63, 3.8) is 0 Å². The first-order valence-electron chi connectivity index (χ1n) is 5.88. The van der Waals surface area contributed by atoms with Gasteiger partial charge in [0.1, 0.15) is 12.6 Å². The minimum Gasteiger partial charge on any atom is -0.447 e. The smallest absolute Gasteiger partial charge is 0.421 e. The van der Waals surface area contributed by atoms with Crippen LogP contribution in [0.1, 0.15) is 17.2 Å². The number of hydrogen-bond donors (Lipinski definition) is 1. The van der Waals surface area contributed by atoms with Gasteiger partial charge in [-0.05, 0) is 12.5 Å². The van der Waals surface area contributed by atoms with Gasteiger partial charge in [0.2, 0.25) is 0 Å². The van der Waals surface area contributed by atoms with E-state index in [0.717, 1.165) is 9.87 Å². The third kappa shape index (κ3) is 3.57. The van der Waals surface area contributed by atoms with Crippen molar-refractivity contribution < 1.29 is 22.7 Å². The zero-order chi connectivity index (χ0) is 14.8. The Hall–Kier alpha value is -1.41. The SMILES string of the molecule is Cc1ccc(C(NSN2CCOC2=O)C(F)(F)F)cc1. The molecule has 1 aliphatic heterocycles. The highest BCUT2D eigenvalue weighted by Gasteiger charge is 2.41. The van der Waals surface area contributed by atoms with Crippen LogP contribution in [0.4, 0.5) is 18.0 Å². The number of carbonyl (C=O) groups excluding carboxylic acids is 1. The van der Waals surface area contributed by atoms with Crippen LogP contribution >= 0.6 is 12.1 Å². The van der Waals surface area contributed by atoms with Crippen molar-refractivity contribution in [3.05, 3.63) is 35.4 Å². The van der Waals surface area contributed by atoms with E-state index < -0.39 is 18.3 Å². The molecule has 1 atom stereocenters. The zero-order valence-electron chi connectivity index (χ0n) is 10.6. The number of benzene rings is 1. The minimum absolute atomic E-state index is 0.100. The second-order valence-electron chi connectivity index (χ2n) is 4.31. The van der Waals surface area contributed by atoms with Crippen LogP contribution in [0.15, 0.2) is 24.3 Å². The van der Waals surface area contributed by atoms with E-state index in [0.29, 0.717) is 12.1 Å². The highest BCUT2D eigenvalue weighted by atomic mass is 32.2. The van der Waals surface area contributed by atoms with E-state index >= 15 is 0 Å². The summed E-state index contributed by atoms with van der Waals surface area (Å²) in [5.74, 6) is 0. The average Bonchev–Trinajstić information content (AvgIpc) is 2.76. The summed E-state index contributed by atoms with van der Waals surface area (Å²) in [4.78, 5) is 11.2. The topological polar surface area (TPSA) is 41.6 Å². The summed E-state index contributed by atoms with van der Waals surface area (Å²) in [5.41, 5.74) is 0.980. The number of carbonyl (C=O) groups is 1. The molecule has 1 amide bonds. The van der Waals surface area contributed by atoms with Gasteiger partial charge in [-0.3, -0.25) is 0 Å². The lowest BCUT2D eigenvalue weighted by molar-refractivity contribution is -0.152. The van der Waals surface area contributed by atoms with Gasteiger partial charge in [0, 0.05) is 12.1 Å². The van der Waals surface area contributed by atoms with Gasteiger partial charge in [-0.2, -0.15) is 13.2 Å². The molecule has 8 heteroatoms. The number of cyclic esters (lactones) is 1. The number of nitrogens with one attached hydrogen (secondary N) is 1. The zero-order valence-corrected chi connectivity index (χ0v) is 11.4. The molecule has 1 aromatic carbocycles. The number of halogens is 3. The molecule has 20 heavy (non-hydrogen) atoms. The third-order valence-electron chi connectivity index (χ3n) is 2.74. The van der Waals surface area contributed by atoms with Crippen molar-refractivity contribution >= 4 is 18.2 Å². The molecule has 0 spiro atoms. The van der Waals surface area contributed by atoms with E-state index in [1.807, 2.05) is 0 Å². The van der Waals surface area contributed by atoms with Gasteiger partial charge in [0.25, 0.3) is 0 Å². The summed E-state index contributed by atoms with van der Waals surface area (Å²) in [7, 11) is 0. The molecule has 2 rings (SSSR count). The van der Waals surface area contributed by atoms with Crippen molar-refractivity contribution in [2.45, 2.75) is 19.1 Å². The van der Waals surface area contributed by atoms with Crippen LogP contribution < -0.4 is 4.72 Å². The molecule has 110 valence electrons. The normalized spacial score (nSPS) is 17.2. The maximum absolute atomic E-state index is 13.1. The van der Waals surface area contributed by atoms with E-state index in [2.05, 4.69) is 9.46 Å². The van der Waals surface area contributed by atoms with E-state index in [1.54, 1.807) is 19.1 Å². The van der Waals surface area contributed by atoms with Gasteiger partial charge in [-0.15, -0.1) is 0 Å². The molecule has 1 heterocycles. The van der Waals surface area contributed by atoms with Gasteiger partial charge < -0.3 is 4.74 Å². The van der Waals surface area contributed by atoms with Crippen LogP contribution in [0.2, 0.25) is 0 Å². The number of amides is 1. The molecule has 0 bridgehead atoms. The fourth-order valence-corrected chi connectivity index (χ4v) is 2.46. The standard InChI is InChI=1S/C12H13F3N2O2S/c1-8-2-4-9(5-3-8)10(12(13,14)15)16-20-17-6-7-19-11(17)18/h2-5,10,16H,6-7H2,1H3. The van der Waals surface area contributed by atoms with Crippen LogP contribution in [0.25, 0.3) is 0 Å². The molecule has 1 N–H and O–H groups in total. The Bertz CT molecular complexity index is 479. The molecule has 1 aliphatic rings. The highest BCUT2D eigenvalue weighted by Crippen LogP contribution is 2.34. The number of rotatable bonds is 4. The Kier molecular flexibility index (Phi) is 4.44. The van der Waals surface area contributed by atoms with Crippen molar-refractivity contribution in [2.75, 3.05) is 13.2 Å². The minimum atomic E-state index is -4.45. The summed E-state index contributed by atoms with van der Waals surface area (Å²) in [6.45, 7) is 2.25. The maximum atomic E-state index is 13.1. The van der Waals surface area contributed by atoms with Crippen LogP contribution in [-0.4, -0.2) is 29.7 Å². The first-order valence-corrected chi connectivity index (χ1v) is 6.65. The van der Waals surface area contributed by atoms with Gasteiger partial charge in [0.05, 0.1) is 6.54 Å². The van der Waals surface area contributed by atoms with Gasteiger partial charge >= 0.3 is 12.3 Å². The second-order valence-corrected chi connectivity index (χ2v) is 5.17. The van der Waals surface area contributed by atoms with E-state index in [4.69, 9.17) is 0 Å². The van der Waals surface area contributed by atoms with Gasteiger partial charge in [-0.1, -0.05) is 29.8 Å². The quantitative estimate of drug-likeness (QED) is 0.867. The largest absolute Gasteiger partial charge is 0.447 e. The predicted molar refractivity (Wildman–Crippen MR) is 68.8 cm³/mol. The third-order valence-corrected chi connectivity index (χ3v) is 3.64. The lowest BCUT2D eigenvalue weighted by Gasteiger charge is -2.23. The molecular weight excluding hydrogens is 293 g/mol. The van der Waals surface area contributed by atoms with Gasteiger partial charge in [0.15, 0.2) is 0 Å². The van der Waals surface area contributed by atoms with Crippen molar-refractivity contribution in [1.29, 1.82) is 0 Å². The Balaban J connectivity index is 2.08. The summed E-state index contributed by atoms with van der Waals surface area (Å²) in [6.07, 6.45) is -5.08. The summed E-state index contributed by atoms with van der Waals surface area (Å²) in [5, 5.41) is 0. The fraction of sp³-hybridized carbons (Fsp3) is 0.417. The number of alkyl halides is 3. The monoisotopic (exact) mass is 306 g/mol. The molecule has 0 aromatic heterocycles. The van der Waals surface area contributed by atoms with Crippen molar-refractivity contribution in [3.8, 4) is 0 Å². The van der Waals surface area contributed by atoms with E-state index in [-0.39, 0.29) is 18.7 Å². The second kappa shape index (κ2) is 5.92. The van der Waals surface area contributed by atoms with Crippen LogP contribution in [0.5, 0.6) is 0 Å². The molecule has 4 nitrogen and oxygen atoms in total. The summed E-state index contributed by atoms with van der Waals surface area (Å²) in [6, 6.07) is 4.23. The molecule has 1 unspecified atom stereocenters. The fourth-order valence-electron chi connectivity index (χ4n) is 1.66. The number of hydrogen-bond acceptors (Lipinski definition) is 4.